The SMILES string of the molecule is CC(C)(C)c1cc(-c2cc(-c3cc4cc[c]([Ge]([CH3])([CH3])[CH3])cc4o3)ccn2)[c-]c2ccccc12.CCC(CC)C(=O)/C=C(\O)C(CC)CC.[Ir]. The number of carbonyl (C=O) groups is 1. The number of furan rings is 1. The van der Waals surface area contributed by atoms with Crippen LogP contribution in [0.4, 0.5) is 0 Å². The summed E-state index contributed by atoms with van der Waals surface area (Å²) in [7, 11) is 0. The van der Waals surface area contributed by atoms with Crippen LogP contribution in [0.2, 0.25) is 17.3 Å². The molecule has 0 fully saturated rings. The van der Waals surface area contributed by atoms with Gasteiger partial charge in [-0.25, -0.2) is 0 Å². The molecule has 2 heterocycles. The number of fused-ring (bicyclic) bond motifs is 2. The standard InChI is InChI=1S/C30H30GeNO.C13H24O2.Ir/c1-30(2,3)26-16-23(15-20-9-7-8-10-25(20)26)27-17-22(13-14-32-27)28-18-21-11-12-24(31(4,5)6)19-29(21)33-28;1-5-10(6-2)12(14)9-13(15)11(7-3)8-4;/h7-14,16-19H,1-6H3;9-11,14H,5-8H2,1-4H3;/q-1;;/b;12-9-;. The predicted octanol–water partition coefficient (Wildman–Crippen LogP) is 11.8. The molecule has 0 aliphatic heterocycles. The van der Waals surface area contributed by atoms with Crippen molar-refractivity contribution in [2.75, 3.05) is 0 Å². The number of aliphatic hydroxyl groups is 1. The molecule has 0 aliphatic rings. The van der Waals surface area contributed by atoms with E-state index >= 15 is 0 Å². The van der Waals surface area contributed by atoms with Gasteiger partial charge >= 0.3 is 160 Å². The molecule has 0 aliphatic carbocycles. The Hall–Kier alpha value is -2.99. The average molecular weight is 898 g/mol. The molecule has 0 atom stereocenters. The van der Waals surface area contributed by atoms with E-state index in [1.54, 1.807) is 0 Å². The number of pyridine rings is 1. The Morgan fingerprint density at radius 1 is 0.898 bits per heavy atom. The van der Waals surface area contributed by atoms with Gasteiger partial charge in [0.1, 0.15) is 0 Å². The van der Waals surface area contributed by atoms with E-state index < -0.39 is 13.3 Å². The van der Waals surface area contributed by atoms with Crippen molar-refractivity contribution in [3.63, 3.8) is 0 Å². The molecular weight excluding hydrogens is 843 g/mol. The second-order valence-electron chi connectivity index (χ2n) is 14.9. The van der Waals surface area contributed by atoms with Crippen molar-refractivity contribution in [2.45, 2.75) is 96.8 Å². The van der Waals surface area contributed by atoms with Gasteiger partial charge < -0.3 is 5.11 Å². The molecule has 4 nitrogen and oxygen atoms in total. The van der Waals surface area contributed by atoms with Crippen LogP contribution in [-0.4, -0.2) is 29.1 Å². The number of nitrogens with zero attached hydrogens (tertiary/aromatic N) is 1. The number of benzene rings is 3. The van der Waals surface area contributed by atoms with Gasteiger partial charge in [-0.3, -0.25) is 4.79 Å². The summed E-state index contributed by atoms with van der Waals surface area (Å²) in [5.74, 6) is 8.65. The van der Waals surface area contributed by atoms with Crippen molar-refractivity contribution < 1.29 is 34.4 Å². The first-order chi connectivity index (χ1) is 22.7. The number of hydrogen-bond donors (Lipinski definition) is 1. The van der Waals surface area contributed by atoms with Crippen LogP contribution in [0.5, 0.6) is 0 Å². The van der Waals surface area contributed by atoms with Crippen LogP contribution in [-0.2, 0) is 30.3 Å². The zero-order valence-electron chi connectivity index (χ0n) is 31.0. The van der Waals surface area contributed by atoms with Crippen LogP contribution in [0.1, 0.15) is 79.7 Å². The van der Waals surface area contributed by atoms with Gasteiger partial charge in [-0.2, -0.15) is 0 Å². The maximum atomic E-state index is 11.7. The van der Waals surface area contributed by atoms with E-state index in [-0.39, 0.29) is 48.9 Å². The van der Waals surface area contributed by atoms with E-state index in [0.29, 0.717) is 0 Å². The summed E-state index contributed by atoms with van der Waals surface area (Å²) in [4.78, 5) is 16.4. The molecule has 0 unspecified atom stereocenters. The fourth-order valence-electron chi connectivity index (χ4n) is 6.14. The summed E-state index contributed by atoms with van der Waals surface area (Å²) in [6, 6.07) is 27.3. The Morgan fingerprint density at radius 2 is 1.55 bits per heavy atom. The predicted molar refractivity (Wildman–Crippen MR) is 207 cm³/mol. The second kappa shape index (κ2) is 17.3. The Bertz CT molecular complexity index is 1890. The number of rotatable bonds is 10. The van der Waals surface area contributed by atoms with Gasteiger partial charge in [0.25, 0.3) is 0 Å². The molecule has 2 aromatic heterocycles. The fourth-order valence-corrected chi connectivity index (χ4v) is 8.55. The number of aliphatic hydroxyl groups excluding tert-OH is 1. The molecule has 0 bridgehead atoms. The number of hydrogen-bond acceptors (Lipinski definition) is 4. The first kappa shape index (κ1) is 40.4. The zero-order chi connectivity index (χ0) is 35.2. The van der Waals surface area contributed by atoms with Gasteiger partial charge in [-0.1, -0.05) is 66.7 Å². The molecule has 0 amide bonds. The van der Waals surface area contributed by atoms with Crippen molar-refractivity contribution in [1.29, 1.82) is 0 Å². The fraction of sp³-hybridized carbons (Fsp3) is 0.395. The molecule has 0 saturated heterocycles. The normalized spacial score (nSPS) is 12.3. The summed E-state index contributed by atoms with van der Waals surface area (Å²) in [5.41, 5.74) is 5.26. The molecule has 5 aromatic rings. The molecule has 0 spiro atoms. The minimum atomic E-state index is -1.91. The third kappa shape index (κ3) is 10.1. The van der Waals surface area contributed by atoms with Gasteiger partial charge in [-0.05, 0) is 25.7 Å². The van der Waals surface area contributed by atoms with Crippen molar-refractivity contribution >= 4 is 45.2 Å². The Labute approximate surface area is 310 Å². The van der Waals surface area contributed by atoms with Crippen LogP contribution in [0.15, 0.2) is 89.2 Å². The van der Waals surface area contributed by atoms with E-state index in [4.69, 9.17) is 9.40 Å². The monoisotopic (exact) mass is 899 g/mol. The summed E-state index contributed by atoms with van der Waals surface area (Å²) in [5, 5.41) is 13.3. The third-order valence-corrected chi connectivity index (χ3v) is 13.7. The van der Waals surface area contributed by atoms with Crippen LogP contribution in [0.3, 0.4) is 0 Å². The molecule has 5 rings (SSSR count). The minimum absolute atomic E-state index is 0. The Kier molecular flexibility index (Phi) is 14.3. The Balaban J connectivity index is 0.000000347. The van der Waals surface area contributed by atoms with E-state index in [9.17, 15) is 9.90 Å². The molecule has 3 aromatic carbocycles. The topological polar surface area (TPSA) is 63.3 Å². The third-order valence-electron chi connectivity index (χ3n) is 9.37. The number of ketones is 1. The summed E-state index contributed by atoms with van der Waals surface area (Å²) >= 11 is -1.91. The summed E-state index contributed by atoms with van der Waals surface area (Å²) in [6.07, 6.45) is 6.77. The second-order valence-corrected chi connectivity index (χ2v) is 25.6. The molecule has 1 N–H and O–H groups in total. The number of carbonyl (C=O) groups excluding carboxylic acids is 1. The van der Waals surface area contributed by atoms with Crippen LogP contribution < -0.4 is 4.40 Å². The first-order valence-electron chi connectivity index (χ1n) is 17.6. The van der Waals surface area contributed by atoms with Crippen LogP contribution in [0, 0.1) is 17.9 Å². The smallest absolute Gasteiger partial charge is 0.512 e. The molecule has 0 saturated carbocycles. The van der Waals surface area contributed by atoms with Gasteiger partial charge in [0.05, 0.1) is 5.76 Å². The average Bonchev–Trinajstić information content (AvgIpc) is 3.49. The van der Waals surface area contributed by atoms with Crippen molar-refractivity contribution in [1.82, 2.24) is 4.98 Å². The van der Waals surface area contributed by atoms with Gasteiger partial charge in [0.15, 0.2) is 5.78 Å². The number of allylic oxidation sites excluding steroid dienone is 2. The van der Waals surface area contributed by atoms with Gasteiger partial charge in [0, 0.05) is 38.0 Å². The molecule has 1 radical (unpaired) electrons. The zero-order valence-corrected chi connectivity index (χ0v) is 35.5. The van der Waals surface area contributed by atoms with Gasteiger partial charge in [0.2, 0.25) is 0 Å². The van der Waals surface area contributed by atoms with E-state index in [1.165, 1.54) is 21.4 Å². The Morgan fingerprint density at radius 3 is 2.16 bits per heavy atom. The van der Waals surface area contributed by atoms with Crippen LogP contribution in [0.25, 0.3) is 44.3 Å². The van der Waals surface area contributed by atoms with Crippen molar-refractivity contribution in [3.05, 3.63) is 96.4 Å². The minimum Gasteiger partial charge on any atom is -0.512 e. The number of aromatic nitrogens is 1. The van der Waals surface area contributed by atoms with E-state index in [2.05, 4.69) is 105 Å². The summed E-state index contributed by atoms with van der Waals surface area (Å²) in [6.45, 7) is 14.8. The van der Waals surface area contributed by atoms with E-state index in [1.807, 2.05) is 40.0 Å². The van der Waals surface area contributed by atoms with E-state index in [0.717, 1.165) is 64.6 Å². The first-order valence-corrected chi connectivity index (χ1v) is 24.9. The van der Waals surface area contributed by atoms with Crippen molar-refractivity contribution in [2.24, 2.45) is 11.8 Å². The maximum absolute atomic E-state index is 11.7. The molecule has 49 heavy (non-hydrogen) atoms. The quantitative estimate of drug-likeness (QED) is 0.0656. The molecule has 263 valence electrons. The van der Waals surface area contributed by atoms with Crippen LogP contribution >= 0.6 is 0 Å². The molecular formula is C43H54GeIrNO3-. The summed E-state index contributed by atoms with van der Waals surface area (Å²) < 4.78 is 7.78. The molecule has 6 heteroatoms. The van der Waals surface area contributed by atoms with Crippen molar-refractivity contribution in [3.8, 4) is 22.6 Å². The van der Waals surface area contributed by atoms with Gasteiger partial charge in [-0.15, -0.1) is 0 Å².